The average Bonchev–Trinajstić information content (AvgIpc) is 2.87. The number of amides is 1. The van der Waals surface area contributed by atoms with E-state index in [4.69, 9.17) is 9.47 Å². The Kier molecular flexibility index (Phi) is 5.06. The van der Waals surface area contributed by atoms with Crippen LogP contribution in [0.2, 0.25) is 0 Å². The van der Waals surface area contributed by atoms with Crippen molar-refractivity contribution in [3.63, 3.8) is 0 Å². The average molecular weight is 305 g/mol. The van der Waals surface area contributed by atoms with Gasteiger partial charge in [0.25, 0.3) is 0 Å². The van der Waals surface area contributed by atoms with Gasteiger partial charge in [-0.2, -0.15) is 0 Å². The van der Waals surface area contributed by atoms with Crippen molar-refractivity contribution in [2.75, 3.05) is 20.3 Å². The first-order valence-corrected chi connectivity index (χ1v) is 7.50. The number of methoxy groups -OCH3 is 1. The predicted octanol–water partition coefficient (Wildman–Crippen LogP) is 2.09. The first-order chi connectivity index (χ1) is 10.4. The van der Waals surface area contributed by atoms with Crippen LogP contribution >= 0.6 is 0 Å². The molecule has 0 aromatic heterocycles. The summed E-state index contributed by atoms with van der Waals surface area (Å²) >= 11 is 0. The van der Waals surface area contributed by atoms with Gasteiger partial charge < -0.3 is 14.4 Å². The fraction of sp³-hybridized carbons (Fsp3) is 0.529. The van der Waals surface area contributed by atoms with E-state index in [1.807, 2.05) is 39.0 Å². The largest absolute Gasteiger partial charge is 0.491 e. The minimum absolute atomic E-state index is 0.0204. The third kappa shape index (κ3) is 3.40. The second-order valence-electron chi connectivity index (χ2n) is 5.85. The van der Waals surface area contributed by atoms with E-state index in [1.165, 1.54) is 7.11 Å². The molecule has 120 valence electrons. The number of benzene rings is 1. The van der Waals surface area contributed by atoms with Crippen molar-refractivity contribution in [3.8, 4) is 5.75 Å². The van der Waals surface area contributed by atoms with Gasteiger partial charge in [0.2, 0.25) is 5.91 Å². The zero-order valence-corrected chi connectivity index (χ0v) is 13.6. The Morgan fingerprint density at radius 3 is 2.59 bits per heavy atom. The normalized spacial score (nSPS) is 19.2. The second-order valence-corrected chi connectivity index (χ2v) is 5.85. The third-order valence-corrected chi connectivity index (χ3v) is 4.10. The molecule has 2 atom stereocenters. The molecule has 1 amide bonds. The molecule has 0 N–H and O–H groups in total. The van der Waals surface area contributed by atoms with Crippen LogP contribution in [-0.4, -0.2) is 43.1 Å². The van der Waals surface area contributed by atoms with Gasteiger partial charge in [-0.25, -0.2) is 0 Å². The first-order valence-electron chi connectivity index (χ1n) is 7.50. The van der Waals surface area contributed by atoms with Crippen molar-refractivity contribution in [3.05, 3.63) is 29.3 Å². The van der Waals surface area contributed by atoms with Gasteiger partial charge >= 0.3 is 5.97 Å². The van der Waals surface area contributed by atoms with E-state index in [1.54, 1.807) is 4.90 Å². The number of carbonyl (C=O) groups is 2. The van der Waals surface area contributed by atoms with Gasteiger partial charge in [0.05, 0.1) is 19.1 Å². The number of hydrogen-bond donors (Lipinski definition) is 0. The van der Waals surface area contributed by atoms with Crippen LogP contribution in [0.3, 0.4) is 0 Å². The highest BCUT2D eigenvalue weighted by molar-refractivity contribution is 5.86. The highest BCUT2D eigenvalue weighted by Crippen LogP contribution is 2.25. The first kappa shape index (κ1) is 16.3. The lowest BCUT2D eigenvalue weighted by molar-refractivity contribution is -0.145. The molecule has 0 aliphatic carbocycles. The van der Waals surface area contributed by atoms with E-state index < -0.39 is 0 Å². The summed E-state index contributed by atoms with van der Waals surface area (Å²) in [5.41, 5.74) is 2.15. The number of likely N-dealkylation sites (tertiary alicyclic amines) is 1. The zero-order chi connectivity index (χ0) is 16.3. The van der Waals surface area contributed by atoms with Gasteiger partial charge in [-0.1, -0.05) is 18.2 Å². The van der Waals surface area contributed by atoms with Crippen LogP contribution < -0.4 is 4.74 Å². The summed E-state index contributed by atoms with van der Waals surface area (Å²) < 4.78 is 10.6. The predicted molar refractivity (Wildman–Crippen MR) is 82.7 cm³/mol. The van der Waals surface area contributed by atoms with Crippen LogP contribution in [0.15, 0.2) is 18.2 Å². The Bertz CT molecular complexity index is 550. The molecule has 1 aromatic carbocycles. The standard InChI is InChI=1S/C17H23NO4/c1-11-6-5-7-12(2)16(11)22-10-13(3)18-9-14(8-15(18)19)17(20)21-4/h5-7,13-14H,8-10H2,1-4H3. The maximum Gasteiger partial charge on any atom is 0.310 e. The van der Waals surface area contributed by atoms with Gasteiger partial charge in [-0.15, -0.1) is 0 Å². The molecule has 0 saturated carbocycles. The molecule has 1 aliphatic heterocycles. The van der Waals surface area contributed by atoms with Crippen molar-refractivity contribution < 1.29 is 19.1 Å². The monoisotopic (exact) mass is 305 g/mol. The number of rotatable bonds is 5. The van der Waals surface area contributed by atoms with Gasteiger partial charge in [-0.3, -0.25) is 9.59 Å². The van der Waals surface area contributed by atoms with E-state index in [-0.39, 0.29) is 30.3 Å². The summed E-state index contributed by atoms with van der Waals surface area (Å²) in [5.74, 6) is 0.164. The molecule has 2 rings (SSSR count). The quantitative estimate of drug-likeness (QED) is 0.782. The Balaban J connectivity index is 1.97. The SMILES string of the molecule is COC(=O)C1CC(=O)N(C(C)COc2c(C)cccc2C)C1. The van der Waals surface area contributed by atoms with E-state index >= 15 is 0 Å². The highest BCUT2D eigenvalue weighted by Gasteiger charge is 2.37. The Morgan fingerprint density at radius 2 is 2.00 bits per heavy atom. The van der Waals surface area contributed by atoms with Gasteiger partial charge in [0, 0.05) is 13.0 Å². The lowest BCUT2D eigenvalue weighted by Crippen LogP contribution is -2.39. The smallest absolute Gasteiger partial charge is 0.310 e. The number of esters is 1. The summed E-state index contributed by atoms with van der Waals surface area (Å²) in [6.45, 7) is 6.75. The van der Waals surface area contributed by atoms with Gasteiger partial charge in [0.15, 0.2) is 0 Å². The molecule has 1 heterocycles. The molecule has 0 bridgehead atoms. The molecular weight excluding hydrogens is 282 g/mol. The van der Waals surface area contributed by atoms with Gasteiger partial charge in [-0.05, 0) is 31.9 Å². The van der Waals surface area contributed by atoms with E-state index in [0.717, 1.165) is 16.9 Å². The van der Waals surface area contributed by atoms with E-state index in [0.29, 0.717) is 13.2 Å². The minimum atomic E-state index is -0.361. The fourth-order valence-corrected chi connectivity index (χ4v) is 2.80. The Morgan fingerprint density at radius 1 is 1.36 bits per heavy atom. The maximum absolute atomic E-state index is 12.1. The fourth-order valence-electron chi connectivity index (χ4n) is 2.80. The second kappa shape index (κ2) is 6.81. The van der Waals surface area contributed by atoms with Crippen LogP contribution in [-0.2, 0) is 14.3 Å². The summed E-state index contributed by atoms with van der Waals surface area (Å²) in [6.07, 6.45) is 0.223. The number of para-hydroxylation sites is 1. The Labute approximate surface area is 131 Å². The Hall–Kier alpha value is -2.04. The molecular formula is C17H23NO4. The number of nitrogens with zero attached hydrogens (tertiary/aromatic N) is 1. The number of ether oxygens (including phenoxy) is 2. The summed E-state index contributed by atoms with van der Waals surface area (Å²) in [5, 5.41) is 0. The minimum Gasteiger partial charge on any atom is -0.491 e. The topological polar surface area (TPSA) is 55.8 Å². The molecule has 2 unspecified atom stereocenters. The highest BCUT2D eigenvalue weighted by atomic mass is 16.5. The third-order valence-electron chi connectivity index (χ3n) is 4.10. The lowest BCUT2D eigenvalue weighted by Gasteiger charge is -2.25. The summed E-state index contributed by atoms with van der Waals surface area (Å²) in [6, 6.07) is 5.91. The number of hydrogen-bond acceptors (Lipinski definition) is 4. The van der Waals surface area contributed by atoms with Crippen molar-refractivity contribution in [1.82, 2.24) is 4.90 Å². The van der Waals surface area contributed by atoms with Crippen LogP contribution in [0.4, 0.5) is 0 Å². The molecule has 1 aliphatic rings. The summed E-state index contributed by atoms with van der Waals surface area (Å²) in [4.78, 5) is 25.3. The maximum atomic E-state index is 12.1. The molecule has 1 fully saturated rings. The number of carbonyl (C=O) groups excluding carboxylic acids is 2. The van der Waals surface area contributed by atoms with Crippen LogP contribution in [0.1, 0.15) is 24.5 Å². The van der Waals surface area contributed by atoms with Crippen molar-refractivity contribution in [1.29, 1.82) is 0 Å². The molecule has 5 nitrogen and oxygen atoms in total. The molecule has 0 spiro atoms. The molecule has 1 aromatic rings. The van der Waals surface area contributed by atoms with Crippen molar-refractivity contribution in [2.24, 2.45) is 5.92 Å². The number of aryl methyl sites for hydroxylation is 2. The van der Waals surface area contributed by atoms with Crippen LogP contribution in [0.5, 0.6) is 5.75 Å². The van der Waals surface area contributed by atoms with Gasteiger partial charge in [0.1, 0.15) is 12.4 Å². The summed E-state index contributed by atoms with van der Waals surface area (Å²) in [7, 11) is 1.35. The zero-order valence-electron chi connectivity index (χ0n) is 13.6. The lowest BCUT2D eigenvalue weighted by atomic mass is 10.1. The molecule has 22 heavy (non-hydrogen) atoms. The molecule has 0 radical (unpaired) electrons. The molecule has 1 saturated heterocycles. The molecule has 5 heteroatoms. The van der Waals surface area contributed by atoms with Crippen molar-refractivity contribution >= 4 is 11.9 Å². The van der Waals surface area contributed by atoms with E-state index in [9.17, 15) is 9.59 Å². The van der Waals surface area contributed by atoms with Crippen molar-refractivity contribution in [2.45, 2.75) is 33.2 Å². The van der Waals surface area contributed by atoms with Crippen LogP contribution in [0, 0.1) is 19.8 Å². The van der Waals surface area contributed by atoms with Crippen LogP contribution in [0.25, 0.3) is 0 Å². The van der Waals surface area contributed by atoms with E-state index in [2.05, 4.69) is 0 Å².